The summed E-state index contributed by atoms with van der Waals surface area (Å²) in [5.41, 5.74) is 3.93. The Morgan fingerprint density at radius 3 is 2.54 bits per heavy atom. The molecule has 0 saturated carbocycles. The second-order valence-corrected chi connectivity index (χ2v) is 6.46. The second kappa shape index (κ2) is 7.68. The Kier molecular flexibility index (Phi) is 4.95. The monoisotopic (exact) mass is 347 g/mol. The molecular formula is C20H21N5O. The minimum atomic E-state index is -0.0404. The minimum Gasteiger partial charge on any atom is -0.369 e. The molecule has 132 valence electrons. The van der Waals surface area contributed by atoms with Crippen molar-refractivity contribution in [3.8, 4) is 11.4 Å². The summed E-state index contributed by atoms with van der Waals surface area (Å²) in [4.78, 5) is 20.1. The first-order chi connectivity index (χ1) is 12.8. The average molecular weight is 347 g/mol. The summed E-state index contributed by atoms with van der Waals surface area (Å²) in [6.45, 7) is 5.09. The van der Waals surface area contributed by atoms with E-state index in [9.17, 15) is 0 Å². The van der Waals surface area contributed by atoms with Gasteiger partial charge >= 0.3 is 0 Å². The topological polar surface area (TPSA) is 64.0 Å². The van der Waals surface area contributed by atoms with Gasteiger partial charge in [-0.05, 0) is 6.92 Å². The zero-order chi connectivity index (χ0) is 17.8. The summed E-state index contributed by atoms with van der Waals surface area (Å²) in [6.07, 6.45) is 7.37. The first kappa shape index (κ1) is 16.8. The fraction of sp³-hybridized carbons (Fsp3) is 0.300. The molecule has 6 heteroatoms. The van der Waals surface area contributed by atoms with Crippen LogP contribution in [0.5, 0.6) is 0 Å². The number of nitrogens with zero attached hydrogens (tertiary/aromatic N) is 5. The standard InChI is InChI=1S/C20H21N5O/c1-15-9-22-18(12-21-15)19-14-25(7-8-26-19)13-16-10-23-20(24-11-16)17-5-3-2-4-6-17/h2-6,9-12,19H,7-8,13-14H2,1H3/t19-/m0/s1. The van der Waals surface area contributed by atoms with Crippen LogP contribution in [0.1, 0.15) is 23.1 Å². The Morgan fingerprint density at radius 1 is 1.00 bits per heavy atom. The molecule has 1 aliphatic heterocycles. The quantitative estimate of drug-likeness (QED) is 0.723. The van der Waals surface area contributed by atoms with E-state index in [-0.39, 0.29) is 6.10 Å². The van der Waals surface area contributed by atoms with Crippen molar-refractivity contribution in [1.29, 1.82) is 0 Å². The van der Waals surface area contributed by atoms with Crippen molar-refractivity contribution in [3.05, 3.63) is 72.1 Å². The number of hydrogen-bond donors (Lipinski definition) is 0. The van der Waals surface area contributed by atoms with Gasteiger partial charge in [-0.1, -0.05) is 30.3 Å². The smallest absolute Gasteiger partial charge is 0.159 e. The molecule has 26 heavy (non-hydrogen) atoms. The van der Waals surface area contributed by atoms with Crippen molar-refractivity contribution in [2.45, 2.75) is 19.6 Å². The van der Waals surface area contributed by atoms with Gasteiger partial charge in [-0.2, -0.15) is 0 Å². The number of aryl methyl sites for hydroxylation is 1. The summed E-state index contributed by atoms with van der Waals surface area (Å²) in [5, 5.41) is 0. The number of aromatic nitrogens is 4. The highest BCUT2D eigenvalue weighted by Gasteiger charge is 2.23. The highest BCUT2D eigenvalue weighted by Crippen LogP contribution is 2.21. The zero-order valence-corrected chi connectivity index (χ0v) is 14.7. The predicted octanol–water partition coefficient (Wildman–Crippen LogP) is 2.82. The van der Waals surface area contributed by atoms with Crippen molar-refractivity contribution >= 4 is 0 Å². The van der Waals surface area contributed by atoms with Crippen LogP contribution in [0.4, 0.5) is 0 Å². The third kappa shape index (κ3) is 3.92. The Bertz CT molecular complexity index is 836. The van der Waals surface area contributed by atoms with Gasteiger partial charge in [0.15, 0.2) is 5.82 Å². The summed E-state index contributed by atoms with van der Waals surface area (Å²) in [5.74, 6) is 0.754. The van der Waals surface area contributed by atoms with Gasteiger partial charge in [0.2, 0.25) is 0 Å². The Balaban J connectivity index is 1.41. The fourth-order valence-electron chi connectivity index (χ4n) is 3.02. The van der Waals surface area contributed by atoms with Crippen molar-refractivity contribution in [2.24, 2.45) is 0 Å². The van der Waals surface area contributed by atoms with E-state index in [2.05, 4.69) is 24.8 Å². The third-order valence-corrected chi connectivity index (χ3v) is 4.42. The molecule has 0 N–H and O–H groups in total. The van der Waals surface area contributed by atoms with Gasteiger partial charge in [0.25, 0.3) is 0 Å². The molecule has 1 saturated heterocycles. The van der Waals surface area contributed by atoms with E-state index in [4.69, 9.17) is 4.74 Å². The van der Waals surface area contributed by atoms with Crippen LogP contribution < -0.4 is 0 Å². The molecule has 2 aromatic heterocycles. The van der Waals surface area contributed by atoms with E-state index in [1.165, 1.54) is 0 Å². The summed E-state index contributed by atoms with van der Waals surface area (Å²) >= 11 is 0. The lowest BCUT2D eigenvalue weighted by atomic mass is 10.2. The van der Waals surface area contributed by atoms with Crippen molar-refractivity contribution in [1.82, 2.24) is 24.8 Å². The number of rotatable bonds is 4. The summed E-state index contributed by atoms with van der Waals surface area (Å²) in [6, 6.07) is 10.0. The maximum absolute atomic E-state index is 5.87. The van der Waals surface area contributed by atoms with Crippen LogP contribution in [0, 0.1) is 6.92 Å². The Labute approximate surface area is 152 Å². The molecule has 1 aromatic carbocycles. The van der Waals surface area contributed by atoms with Crippen LogP contribution in [0.25, 0.3) is 11.4 Å². The predicted molar refractivity (Wildman–Crippen MR) is 98.2 cm³/mol. The van der Waals surface area contributed by atoms with E-state index in [1.54, 1.807) is 12.4 Å². The minimum absolute atomic E-state index is 0.0404. The molecule has 4 rings (SSSR count). The molecule has 0 aliphatic carbocycles. The molecule has 0 bridgehead atoms. The van der Waals surface area contributed by atoms with Gasteiger partial charge in [-0.15, -0.1) is 0 Å². The van der Waals surface area contributed by atoms with Crippen LogP contribution in [0.3, 0.4) is 0 Å². The fourth-order valence-corrected chi connectivity index (χ4v) is 3.02. The van der Waals surface area contributed by atoms with Gasteiger partial charge in [0, 0.05) is 49.4 Å². The normalized spacial score (nSPS) is 18.0. The van der Waals surface area contributed by atoms with E-state index >= 15 is 0 Å². The van der Waals surface area contributed by atoms with Gasteiger partial charge in [0.1, 0.15) is 6.10 Å². The molecule has 0 spiro atoms. The molecule has 6 nitrogen and oxygen atoms in total. The van der Waals surface area contributed by atoms with Crippen LogP contribution in [-0.2, 0) is 11.3 Å². The molecule has 1 atom stereocenters. The molecule has 1 aliphatic rings. The average Bonchev–Trinajstić information content (AvgIpc) is 2.70. The highest BCUT2D eigenvalue weighted by atomic mass is 16.5. The lowest BCUT2D eigenvalue weighted by molar-refractivity contribution is -0.0352. The van der Waals surface area contributed by atoms with Crippen LogP contribution >= 0.6 is 0 Å². The zero-order valence-electron chi connectivity index (χ0n) is 14.7. The van der Waals surface area contributed by atoms with Crippen LogP contribution in [0.15, 0.2) is 55.1 Å². The Morgan fingerprint density at radius 2 is 1.81 bits per heavy atom. The number of hydrogen-bond acceptors (Lipinski definition) is 6. The van der Waals surface area contributed by atoms with Gasteiger partial charge in [0.05, 0.1) is 24.2 Å². The van der Waals surface area contributed by atoms with Gasteiger partial charge < -0.3 is 4.74 Å². The lowest BCUT2D eigenvalue weighted by Crippen LogP contribution is -2.38. The van der Waals surface area contributed by atoms with Crippen molar-refractivity contribution in [3.63, 3.8) is 0 Å². The molecule has 1 fully saturated rings. The highest BCUT2D eigenvalue weighted by molar-refractivity contribution is 5.53. The van der Waals surface area contributed by atoms with Gasteiger partial charge in [-0.3, -0.25) is 14.9 Å². The molecule has 0 radical (unpaired) electrons. The number of benzene rings is 1. The maximum atomic E-state index is 5.87. The summed E-state index contributed by atoms with van der Waals surface area (Å²) < 4.78 is 5.87. The SMILES string of the molecule is Cc1cnc([C@@H]2CN(Cc3cnc(-c4ccccc4)nc3)CCO2)cn1. The van der Waals surface area contributed by atoms with Crippen LogP contribution in [-0.4, -0.2) is 44.5 Å². The molecule has 0 unspecified atom stereocenters. The molecular weight excluding hydrogens is 326 g/mol. The van der Waals surface area contributed by atoms with E-state index in [0.717, 1.165) is 48.0 Å². The van der Waals surface area contributed by atoms with Crippen molar-refractivity contribution < 1.29 is 4.74 Å². The van der Waals surface area contributed by atoms with Crippen LogP contribution in [0.2, 0.25) is 0 Å². The molecule has 3 aromatic rings. The number of morpholine rings is 1. The van der Waals surface area contributed by atoms with Crippen molar-refractivity contribution in [2.75, 3.05) is 19.7 Å². The first-order valence-electron chi connectivity index (χ1n) is 8.77. The van der Waals surface area contributed by atoms with Gasteiger partial charge in [-0.25, -0.2) is 9.97 Å². The van der Waals surface area contributed by atoms with E-state index < -0.39 is 0 Å². The summed E-state index contributed by atoms with van der Waals surface area (Å²) in [7, 11) is 0. The maximum Gasteiger partial charge on any atom is 0.159 e. The third-order valence-electron chi connectivity index (χ3n) is 4.42. The van der Waals surface area contributed by atoms with E-state index in [1.807, 2.05) is 49.6 Å². The number of ether oxygens (including phenoxy) is 1. The first-order valence-corrected chi connectivity index (χ1v) is 8.77. The molecule has 0 amide bonds. The second-order valence-electron chi connectivity index (χ2n) is 6.46. The largest absolute Gasteiger partial charge is 0.369 e. The molecule has 3 heterocycles. The Hall–Kier alpha value is -2.70. The lowest BCUT2D eigenvalue weighted by Gasteiger charge is -2.32. The van der Waals surface area contributed by atoms with E-state index in [0.29, 0.717) is 6.61 Å².